The molecular weight excluding hydrogens is 430 g/mol. The normalized spacial score (nSPS) is 10.6. The van der Waals surface area contributed by atoms with Gasteiger partial charge in [-0.05, 0) is 24.1 Å². The lowest BCUT2D eigenvalue weighted by Gasteiger charge is -2.12. The van der Waals surface area contributed by atoms with Crippen LogP contribution in [0.4, 0.5) is 5.69 Å². The molecule has 7 nitrogen and oxygen atoms in total. The van der Waals surface area contributed by atoms with Gasteiger partial charge in [-0.25, -0.2) is 0 Å². The van der Waals surface area contributed by atoms with E-state index in [0.717, 1.165) is 5.56 Å². The first kappa shape index (κ1) is 22.7. The number of non-ortho nitro benzene ring substituents is 1. The first-order valence-corrected chi connectivity index (χ1v) is 10.8. The van der Waals surface area contributed by atoms with Crippen LogP contribution < -0.4 is 5.32 Å². The Morgan fingerprint density at radius 1 is 0.882 bits per heavy atom. The van der Waals surface area contributed by atoms with Crippen molar-refractivity contribution in [3.8, 4) is 0 Å². The molecule has 1 N–H and O–H groups in total. The lowest BCUT2D eigenvalue weighted by atomic mass is 10.0. The van der Waals surface area contributed by atoms with Crippen molar-refractivity contribution in [1.29, 1.82) is 0 Å². The third-order valence-electron chi connectivity index (χ3n) is 5.64. The van der Waals surface area contributed by atoms with E-state index in [4.69, 9.17) is 0 Å². The molecule has 0 atom stereocenters. The fraction of sp³-hybridized carbons (Fsp3) is 0.111. The predicted octanol–water partition coefficient (Wildman–Crippen LogP) is 4.91. The van der Waals surface area contributed by atoms with Crippen LogP contribution in [-0.2, 0) is 13.1 Å². The summed E-state index contributed by atoms with van der Waals surface area (Å²) in [5.41, 5.74) is 3.62. The van der Waals surface area contributed by atoms with Gasteiger partial charge >= 0.3 is 0 Å². The van der Waals surface area contributed by atoms with Gasteiger partial charge in [-0.3, -0.25) is 19.7 Å². The molecule has 0 radical (unpaired) electrons. The number of aromatic nitrogens is 1. The molecule has 0 fully saturated rings. The zero-order chi connectivity index (χ0) is 24.1. The lowest BCUT2D eigenvalue weighted by molar-refractivity contribution is -0.384. The van der Waals surface area contributed by atoms with Crippen LogP contribution in [-0.4, -0.2) is 21.2 Å². The summed E-state index contributed by atoms with van der Waals surface area (Å²) in [5.74, 6) is -0.518. The molecule has 1 aromatic heterocycles. The van der Waals surface area contributed by atoms with Crippen molar-refractivity contribution in [1.82, 2.24) is 9.88 Å². The predicted molar refractivity (Wildman–Crippen MR) is 129 cm³/mol. The Kier molecular flexibility index (Phi) is 6.64. The van der Waals surface area contributed by atoms with Crippen molar-refractivity contribution < 1.29 is 14.5 Å². The number of benzene rings is 3. The second kappa shape index (κ2) is 9.95. The number of carbonyl (C=O) groups excluding carboxylic acids is 2. The molecule has 0 bridgehead atoms. The number of ketones is 1. The Morgan fingerprint density at radius 3 is 2.21 bits per heavy atom. The molecule has 0 saturated carbocycles. The molecule has 4 aromatic rings. The highest BCUT2D eigenvalue weighted by Crippen LogP contribution is 2.22. The van der Waals surface area contributed by atoms with E-state index in [1.165, 1.54) is 12.1 Å². The van der Waals surface area contributed by atoms with Gasteiger partial charge in [0.25, 0.3) is 11.6 Å². The van der Waals surface area contributed by atoms with Crippen molar-refractivity contribution in [3.63, 3.8) is 0 Å². The molecule has 7 heteroatoms. The summed E-state index contributed by atoms with van der Waals surface area (Å²) in [6.45, 7) is 2.38. The molecule has 4 rings (SSSR count). The number of rotatable bonds is 8. The van der Waals surface area contributed by atoms with Gasteiger partial charge in [0.15, 0.2) is 5.78 Å². The maximum absolute atomic E-state index is 13.2. The highest BCUT2D eigenvalue weighted by molar-refractivity contribution is 6.11. The third kappa shape index (κ3) is 4.94. The molecule has 0 aliphatic rings. The summed E-state index contributed by atoms with van der Waals surface area (Å²) in [5, 5.41) is 13.9. The van der Waals surface area contributed by atoms with E-state index in [0.29, 0.717) is 34.6 Å². The van der Waals surface area contributed by atoms with E-state index in [1.807, 2.05) is 47.9 Å². The highest BCUT2D eigenvalue weighted by atomic mass is 16.6. The minimum Gasteiger partial charge on any atom is -0.347 e. The maximum Gasteiger partial charge on any atom is 0.269 e. The fourth-order valence-corrected chi connectivity index (χ4v) is 3.83. The number of amides is 1. The molecule has 0 spiro atoms. The van der Waals surface area contributed by atoms with Gasteiger partial charge in [-0.2, -0.15) is 0 Å². The second-order valence-corrected chi connectivity index (χ2v) is 7.91. The van der Waals surface area contributed by atoms with Crippen LogP contribution in [0, 0.1) is 17.0 Å². The van der Waals surface area contributed by atoms with Crippen molar-refractivity contribution in [2.45, 2.75) is 20.0 Å². The zero-order valence-corrected chi connectivity index (χ0v) is 18.6. The van der Waals surface area contributed by atoms with E-state index in [9.17, 15) is 19.7 Å². The largest absolute Gasteiger partial charge is 0.347 e. The van der Waals surface area contributed by atoms with Gasteiger partial charge < -0.3 is 9.88 Å². The summed E-state index contributed by atoms with van der Waals surface area (Å²) < 4.78 is 1.83. The van der Waals surface area contributed by atoms with Gasteiger partial charge in [-0.1, -0.05) is 72.8 Å². The summed E-state index contributed by atoms with van der Waals surface area (Å²) in [6.07, 6.45) is 0. The van der Waals surface area contributed by atoms with E-state index in [1.54, 1.807) is 42.5 Å². The monoisotopic (exact) mass is 453 g/mol. The quantitative estimate of drug-likeness (QED) is 0.233. The standard InChI is InChI=1S/C27H23N3O4/c1-19-24(26(31)22-12-6-3-7-13-22)16-25(29(19)18-20-9-4-2-5-10-20)27(32)28-17-21-11-8-14-23(15-21)30(33)34/h2-16H,17-18H2,1H3,(H,28,32). The number of carbonyl (C=O) groups is 2. The molecule has 0 aliphatic carbocycles. The molecule has 0 saturated heterocycles. The van der Waals surface area contributed by atoms with Crippen molar-refractivity contribution in [2.75, 3.05) is 0 Å². The van der Waals surface area contributed by atoms with Gasteiger partial charge in [-0.15, -0.1) is 0 Å². The summed E-state index contributed by atoms with van der Waals surface area (Å²) in [6, 6.07) is 26.4. The van der Waals surface area contributed by atoms with Crippen LogP contribution in [0.25, 0.3) is 0 Å². The number of hydrogen-bond donors (Lipinski definition) is 1. The second-order valence-electron chi connectivity index (χ2n) is 7.91. The summed E-state index contributed by atoms with van der Waals surface area (Å²) in [4.78, 5) is 36.9. The fourth-order valence-electron chi connectivity index (χ4n) is 3.83. The van der Waals surface area contributed by atoms with Crippen LogP contribution in [0.3, 0.4) is 0 Å². The molecule has 1 amide bonds. The number of nitrogens with zero attached hydrogens (tertiary/aromatic N) is 2. The number of nitro groups is 1. The first-order chi connectivity index (χ1) is 16.4. The third-order valence-corrected chi connectivity index (χ3v) is 5.64. The summed E-state index contributed by atoms with van der Waals surface area (Å²) in [7, 11) is 0. The van der Waals surface area contributed by atoms with Crippen LogP contribution in [0.2, 0.25) is 0 Å². The molecular formula is C27H23N3O4. The van der Waals surface area contributed by atoms with E-state index < -0.39 is 4.92 Å². The van der Waals surface area contributed by atoms with Crippen LogP contribution in [0.15, 0.2) is 91.0 Å². The van der Waals surface area contributed by atoms with E-state index >= 15 is 0 Å². The van der Waals surface area contributed by atoms with Crippen molar-refractivity contribution >= 4 is 17.4 Å². The average Bonchev–Trinajstić information content (AvgIpc) is 3.19. The highest BCUT2D eigenvalue weighted by Gasteiger charge is 2.22. The van der Waals surface area contributed by atoms with Crippen LogP contribution >= 0.6 is 0 Å². The van der Waals surface area contributed by atoms with Crippen molar-refractivity contribution in [2.24, 2.45) is 0 Å². The molecule has 0 unspecified atom stereocenters. The SMILES string of the molecule is Cc1c(C(=O)c2ccccc2)cc(C(=O)NCc2cccc([N+](=O)[O-])c2)n1Cc1ccccc1. The Bertz CT molecular complexity index is 1350. The van der Waals surface area contributed by atoms with Gasteiger partial charge in [0.2, 0.25) is 0 Å². The summed E-state index contributed by atoms with van der Waals surface area (Å²) >= 11 is 0. The molecule has 34 heavy (non-hydrogen) atoms. The first-order valence-electron chi connectivity index (χ1n) is 10.8. The lowest BCUT2D eigenvalue weighted by Crippen LogP contribution is -2.26. The Balaban J connectivity index is 1.65. The Labute approximate surface area is 196 Å². The van der Waals surface area contributed by atoms with E-state index in [-0.39, 0.29) is 23.9 Å². The molecule has 170 valence electrons. The van der Waals surface area contributed by atoms with Gasteiger partial charge in [0, 0.05) is 42.0 Å². The number of nitro benzene ring substituents is 1. The van der Waals surface area contributed by atoms with E-state index in [2.05, 4.69) is 5.32 Å². The Morgan fingerprint density at radius 2 is 1.53 bits per heavy atom. The smallest absolute Gasteiger partial charge is 0.269 e. The van der Waals surface area contributed by atoms with Crippen LogP contribution in [0.5, 0.6) is 0 Å². The molecule has 1 heterocycles. The topological polar surface area (TPSA) is 94.2 Å². The van der Waals surface area contributed by atoms with Gasteiger partial charge in [0.1, 0.15) is 5.69 Å². The maximum atomic E-state index is 13.2. The average molecular weight is 453 g/mol. The number of hydrogen-bond acceptors (Lipinski definition) is 4. The Hall–Kier alpha value is -4.52. The molecule has 0 aliphatic heterocycles. The minimum absolute atomic E-state index is 0.0363. The van der Waals surface area contributed by atoms with Crippen molar-refractivity contribution in [3.05, 3.63) is 135 Å². The molecule has 3 aromatic carbocycles. The zero-order valence-electron chi connectivity index (χ0n) is 18.6. The van der Waals surface area contributed by atoms with Crippen LogP contribution in [0.1, 0.15) is 43.2 Å². The minimum atomic E-state index is -0.471. The van der Waals surface area contributed by atoms with Gasteiger partial charge in [0.05, 0.1) is 4.92 Å². The number of nitrogens with one attached hydrogen (secondary N) is 1.